The lowest BCUT2D eigenvalue weighted by Gasteiger charge is -2.24. The van der Waals surface area contributed by atoms with Crippen molar-refractivity contribution >= 4 is 35.7 Å². The number of rotatable bonds is 2. The van der Waals surface area contributed by atoms with Gasteiger partial charge in [-0.15, -0.1) is 10.2 Å². The molecule has 114 valence electrons. The van der Waals surface area contributed by atoms with Crippen LogP contribution in [0.25, 0.3) is 11.4 Å². The third-order valence-corrected chi connectivity index (χ3v) is 5.12. The zero-order valence-corrected chi connectivity index (χ0v) is 15.2. The highest BCUT2D eigenvalue weighted by Gasteiger charge is 2.30. The minimum Gasteiger partial charge on any atom is -0.291 e. The van der Waals surface area contributed by atoms with Crippen LogP contribution in [0.3, 0.4) is 0 Å². The molecule has 0 N–H and O–H groups in total. The van der Waals surface area contributed by atoms with E-state index < -0.39 is 14.6 Å². The summed E-state index contributed by atoms with van der Waals surface area (Å²) in [4.78, 5) is 0. The molecular weight excluding hydrogens is 378 g/mol. The van der Waals surface area contributed by atoms with Crippen LogP contribution < -0.4 is 0 Å². The Bertz CT molecular complexity index is 794. The van der Waals surface area contributed by atoms with Crippen LogP contribution in [0.4, 0.5) is 0 Å². The third-order valence-electron chi connectivity index (χ3n) is 2.95. The Hall–Kier alpha value is -0.920. The lowest BCUT2D eigenvalue weighted by atomic mass is 10.1. The highest BCUT2D eigenvalue weighted by Crippen LogP contribution is 2.34. The Morgan fingerprint density at radius 2 is 1.86 bits per heavy atom. The topological polar surface area (TPSA) is 64.8 Å². The second-order valence-electron chi connectivity index (χ2n) is 5.69. The molecule has 5 nitrogen and oxygen atoms in total. The van der Waals surface area contributed by atoms with Gasteiger partial charge in [0.1, 0.15) is 0 Å². The predicted molar refractivity (Wildman–Crippen MR) is 85.9 cm³/mol. The van der Waals surface area contributed by atoms with E-state index >= 15 is 0 Å². The fourth-order valence-electron chi connectivity index (χ4n) is 2.03. The Morgan fingerprint density at radius 1 is 1.24 bits per heavy atom. The van der Waals surface area contributed by atoms with Gasteiger partial charge in [-0.3, -0.25) is 4.57 Å². The molecule has 0 aliphatic heterocycles. The van der Waals surface area contributed by atoms with E-state index in [1.54, 1.807) is 0 Å². The van der Waals surface area contributed by atoms with Crippen molar-refractivity contribution in [2.45, 2.75) is 38.4 Å². The van der Waals surface area contributed by atoms with Gasteiger partial charge in [0.2, 0.25) is 0 Å². The molecule has 0 radical (unpaired) electrons. The van der Waals surface area contributed by atoms with Gasteiger partial charge in [-0.25, -0.2) is 8.42 Å². The summed E-state index contributed by atoms with van der Waals surface area (Å²) in [5, 5.41) is 7.56. The molecule has 0 aliphatic rings. The quantitative estimate of drug-likeness (QED) is 0.731. The van der Waals surface area contributed by atoms with Crippen molar-refractivity contribution in [2.24, 2.45) is 0 Å². The van der Waals surface area contributed by atoms with E-state index in [0.29, 0.717) is 5.82 Å². The summed E-state index contributed by atoms with van der Waals surface area (Å²) in [6, 6.07) is 5.69. The summed E-state index contributed by atoms with van der Waals surface area (Å²) in [7, 11) is 1.50. The average Bonchev–Trinajstić information content (AvgIpc) is 2.76. The number of aromatic nitrogens is 3. The van der Waals surface area contributed by atoms with Gasteiger partial charge in [0, 0.05) is 26.3 Å². The summed E-state index contributed by atoms with van der Waals surface area (Å²) in [6.07, 6.45) is 0. The van der Waals surface area contributed by atoms with E-state index in [9.17, 15) is 8.42 Å². The molecule has 2 aromatic rings. The summed E-state index contributed by atoms with van der Waals surface area (Å²) >= 11 is 3.51. The van der Waals surface area contributed by atoms with Crippen molar-refractivity contribution in [1.29, 1.82) is 0 Å². The number of hydrogen-bond donors (Lipinski definition) is 0. The SMILES string of the molecule is Cc1cccc(-c2nnc(S(=O)(=O)Cl)n2C(C)(C)C)c1Br. The Labute approximate surface area is 136 Å². The van der Waals surface area contributed by atoms with Crippen molar-refractivity contribution in [3.63, 3.8) is 0 Å². The zero-order valence-electron chi connectivity index (χ0n) is 12.1. The second kappa shape index (κ2) is 5.37. The minimum atomic E-state index is -3.98. The van der Waals surface area contributed by atoms with Crippen LogP contribution in [0.2, 0.25) is 0 Å². The van der Waals surface area contributed by atoms with Crippen LogP contribution in [0.5, 0.6) is 0 Å². The van der Waals surface area contributed by atoms with E-state index in [2.05, 4.69) is 26.1 Å². The number of hydrogen-bond acceptors (Lipinski definition) is 4. The standard InChI is InChI=1S/C13H15BrClN3O2S/c1-8-6-5-7-9(10(8)14)11-16-17-12(21(15,19)20)18(11)13(2,3)4/h5-7H,1-4H3. The van der Waals surface area contributed by atoms with Crippen LogP contribution in [0.1, 0.15) is 26.3 Å². The fraction of sp³-hybridized carbons (Fsp3) is 0.385. The predicted octanol–water partition coefficient (Wildman–Crippen LogP) is 3.70. The van der Waals surface area contributed by atoms with E-state index in [0.717, 1.165) is 15.6 Å². The van der Waals surface area contributed by atoms with Crippen LogP contribution in [-0.4, -0.2) is 23.2 Å². The van der Waals surface area contributed by atoms with E-state index in [1.807, 2.05) is 45.9 Å². The van der Waals surface area contributed by atoms with Crippen LogP contribution >= 0.6 is 26.6 Å². The smallest absolute Gasteiger partial charge is 0.291 e. The summed E-state index contributed by atoms with van der Waals surface area (Å²) in [6.45, 7) is 7.56. The van der Waals surface area contributed by atoms with Crippen molar-refractivity contribution < 1.29 is 8.42 Å². The molecule has 0 fully saturated rings. The van der Waals surface area contributed by atoms with Crippen molar-refractivity contribution in [3.8, 4) is 11.4 Å². The van der Waals surface area contributed by atoms with Crippen LogP contribution in [0.15, 0.2) is 27.8 Å². The maximum atomic E-state index is 11.7. The first-order valence-electron chi connectivity index (χ1n) is 6.19. The lowest BCUT2D eigenvalue weighted by Crippen LogP contribution is -2.26. The molecule has 2 rings (SSSR count). The van der Waals surface area contributed by atoms with E-state index in [4.69, 9.17) is 10.7 Å². The molecule has 0 atom stereocenters. The molecule has 0 saturated carbocycles. The molecule has 8 heteroatoms. The molecule has 0 spiro atoms. The maximum Gasteiger partial charge on any atom is 0.296 e. The molecule has 0 unspecified atom stereocenters. The van der Waals surface area contributed by atoms with Crippen molar-refractivity contribution in [2.75, 3.05) is 0 Å². The summed E-state index contributed by atoms with van der Waals surface area (Å²) in [5.41, 5.74) is 1.24. The van der Waals surface area contributed by atoms with Crippen LogP contribution in [-0.2, 0) is 14.6 Å². The first-order chi connectivity index (χ1) is 9.53. The number of aryl methyl sites for hydroxylation is 1. The molecule has 0 saturated heterocycles. The summed E-state index contributed by atoms with van der Waals surface area (Å²) in [5.74, 6) is 0.456. The lowest BCUT2D eigenvalue weighted by molar-refractivity contribution is 0.367. The van der Waals surface area contributed by atoms with Crippen molar-refractivity contribution in [3.05, 3.63) is 28.2 Å². The molecule has 0 amide bonds. The normalized spacial score (nSPS) is 12.7. The van der Waals surface area contributed by atoms with Gasteiger partial charge in [0.05, 0.1) is 0 Å². The first-order valence-corrected chi connectivity index (χ1v) is 9.30. The molecule has 1 aromatic carbocycles. The molecule has 1 heterocycles. The van der Waals surface area contributed by atoms with Gasteiger partial charge < -0.3 is 0 Å². The second-order valence-corrected chi connectivity index (χ2v) is 8.94. The third kappa shape index (κ3) is 3.14. The summed E-state index contributed by atoms with van der Waals surface area (Å²) < 4.78 is 25.8. The van der Waals surface area contributed by atoms with Crippen LogP contribution in [0, 0.1) is 6.92 Å². The number of nitrogens with zero attached hydrogens (tertiary/aromatic N) is 3. The highest BCUT2D eigenvalue weighted by atomic mass is 79.9. The molecule has 1 aromatic heterocycles. The van der Waals surface area contributed by atoms with Gasteiger partial charge >= 0.3 is 0 Å². The Balaban J connectivity index is 2.83. The average molecular weight is 393 g/mol. The van der Waals surface area contributed by atoms with Gasteiger partial charge in [0.15, 0.2) is 5.82 Å². The first kappa shape index (κ1) is 16.5. The van der Waals surface area contributed by atoms with Gasteiger partial charge in [-0.1, -0.05) is 18.2 Å². The molecule has 21 heavy (non-hydrogen) atoms. The Morgan fingerprint density at radius 3 is 2.38 bits per heavy atom. The monoisotopic (exact) mass is 391 g/mol. The molecule has 0 aliphatic carbocycles. The molecule has 0 bridgehead atoms. The maximum absolute atomic E-state index is 11.7. The number of halogens is 2. The van der Waals surface area contributed by atoms with E-state index in [1.165, 1.54) is 4.57 Å². The van der Waals surface area contributed by atoms with E-state index in [-0.39, 0.29) is 5.16 Å². The number of benzene rings is 1. The molecular formula is C13H15BrClN3O2S. The largest absolute Gasteiger partial charge is 0.296 e. The highest BCUT2D eigenvalue weighted by molar-refractivity contribution is 9.10. The Kier molecular flexibility index (Phi) is 4.21. The van der Waals surface area contributed by atoms with Gasteiger partial charge in [-0.2, -0.15) is 0 Å². The van der Waals surface area contributed by atoms with Crippen molar-refractivity contribution in [1.82, 2.24) is 14.8 Å². The van der Waals surface area contributed by atoms with Gasteiger partial charge in [0.25, 0.3) is 14.2 Å². The van der Waals surface area contributed by atoms with Gasteiger partial charge in [-0.05, 0) is 49.2 Å². The zero-order chi connectivity index (χ0) is 16.0. The minimum absolute atomic E-state index is 0.250. The fourth-order valence-corrected chi connectivity index (χ4v) is 3.49.